The van der Waals surface area contributed by atoms with Crippen LogP contribution in [0.4, 0.5) is 0 Å². The Morgan fingerprint density at radius 3 is 2.21 bits per heavy atom. The Labute approximate surface area is 259 Å². The quantitative estimate of drug-likeness (QED) is 0.174. The van der Waals surface area contributed by atoms with Gasteiger partial charge in [0.1, 0.15) is 11.3 Å². The average Bonchev–Trinajstić information content (AvgIpc) is 3.68. The number of pyridine rings is 2. The van der Waals surface area contributed by atoms with E-state index in [2.05, 4.69) is 67.6 Å². The van der Waals surface area contributed by atoms with Gasteiger partial charge < -0.3 is 13.9 Å². The van der Waals surface area contributed by atoms with E-state index < -0.39 is 0 Å². The molecule has 9 rings (SSSR count). The molecule has 0 spiro atoms. The van der Waals surface area contributed by atoms with E-state index in [1.165, 1.54) is 0 Å². The van der Waals surface area contributed by atoms with E-state index in [0.29, 0.717) is 11.5 Å². The van der Waals surface area contributed by atoms with Crippen molar-refractivity contribution < 1.29 is 25.8 Å². The molecule has 8 heteroatoms. The van der Waals surface area contributed by atoms with Crippen molar-refractivity contribution in [3.8, 4) is 23.0 Å². The van der Waals surface area contributed by atoms with E-state index in [1.54, 1.807) is 12.4 Å². The van der Waals surface area contributed by atoms with Crippen molar-refractivity contribution in [1.29, 1.82) is 0 Å². The monoisotopic (exact) mass is 735 g/mol. The van der Waals surface area contributed by atoms with Crippen molar-refractivity contribution in [2.75, 3.05) is 0 Å². The van der Waals surface area contributed by atoms with Crippen molar-refractivity contribution in [3.63, 3.8) is 0 Å². The smallest absolute Gasteiger partial charge is 0.509 e. The van der Waals surface area contributed by atoms with Gasteiger partial charge in [-0.05, 0) is 58.9 Å². The van der Waals surface area contributed by atoms with E-state index in [1.807, 2.05) is 77.2 Å². The fourth-order valence-corrected chi connectivity index (χ4v) is 5.84. The van der Waals surface area contributed by atoms with E-state index >= 15 is 0 Å². The van der Waals surface area contributed by atoms with Gasteiger partial charge in [-0.15, -0.1) is 35.7 Å². The molecule has 5 aromatic heterocycles. The Morgan fingerprint density at radius 2 is 1.35 bits per heavy atom. The summed E-state index contributed by atoms with van der Waals surface area (Å²) in [6.07, 6.45) is 3.59. The first-order valence-electron chi connectivity index (χ1n) is 13.6. The van der Waals surface area contributed by atoms with Crippen molar-refractivity contribution >= 4 is 49.8 Å². The summed E-state index contributed by atoms with van der Waals surface area (Å²) in [6, 6.07) is 43.3. The number of para-hydroxylation sites is 2. The van der Waals surface area contributed by atoms with Gasteiger partial charge in [0.05, 0.1) is 0 Å². The minimum absolute atomic E-state index is 0. The number of fused-ring (bicyclic) bond motifs is 8. The third-order valence-corrected chi connectivity index (χ3v) is 7.61. The number of benzene rings is 4. The minimum atomic E-state index is 0. The Morgan fingerprint density at radius 1 is 0.581 bits per heavy atom. The van der Waals surface area contributed by atoms with Crippen LogP contribution in [0.15, 0.2) is 122 Å². The summed E-state index contributed by atoms with van der Waals surface area (Å²) in [7, 11) is 0. The fourth-order valence-electron chi connectivity index (χ4n) is 5.84. The van der Waals surface area contributed by atoms with Crippen LogP contribution in [0.25, 0.3) is 61.3 Å². The van der Waals surface area contributed by atoms with E-state index in [9.17, 15) is 0 Å². The first kappa shape index (κ1) is 25.4. The van der Waals surface area contributed by atoms with Gasteiger partial charge in [-0.1, -0.05) is 48.0 Å². The van der Waals surface area contributed by atoms with Gasteiger partial charge in [-0.2, -0.15) is 6.07 Å². The summed E-state index contributed by atoms with van der Waals surface area (Å²) in [5.41, 5.74) is 6.35. The number of hydrogen-bond acceptors (Lipinski definition) is 4. The van der Waals surface area contributed by atoms with Crippen molar-refractivity contribution in [1.82, 2.24) is 28.5 Å². The summed E-state index contributed by atoms with van der Waals surface area (Å²) in [4.78, 5) is 14.2. The molecular formula is C35H20N6OPt. The normalized spacial score (nSPS) is 11.5. The van der Waals surface area contributed by atoms with E-state index in [-0.39, 0.29) is 21.1 Å². The number of rotatable bonds is 4. The summed E-state index contributed by atoms with van der Waals surface area (Å²) in [6.45, 7) is 0. The van der Waals surface area contributed by atoms with Crippen LogP contribution in [0.2, 0.25) is 0 Å². The largest absolute Gasteiger partial charge is 2.00 e. The van der Waals surface area contributed by atoms with Crippen LogP contribution in [0.3, 0.4) is 0 Å². The molecule has 0 fully saturated rings. The van der Waals surface area contributed by atoms with E-state index in [4.69, 9.17) is 9.72 Å². The second-order valence-corrected chi connectivity index (χ2v) is 10.0. The first-order chi connectivity index (χ1) is 20.8. The molecule has 4 aromatic carbocycles. The third kappa shape index (κ3) is 3.89. The van der Waals surface area contributed by atoms with Gasteiger partial charge in [0, 0.05) is 35.1 Å². The molecule has 0 saturated carbocycles. The molecule has 0 aliphatic heterocycles. The number of imidazole rings is 2. The maximum Gasteiger partial charge on any atom is 2.00 e. The Balaban J connectivity index is 0.00000278. The zero-order chi connectivity index (χ0) is 27.6. The fraction of sp³-hybridized carbons (Fsp3) is 0. The molecule has 0 amide bonds. The van der Waals surface area contributed by atoms with Crippen molar-refractivity contribution in [2.24, 2.45) is 0 Å². The molecule has 7 nitrogen and oxygen atoms in total. The molecule has 0 unspecified atom stereocenters. The van der Waals surface area contributed by atoms with Gasteiger partial charge in [0.2, 0.25) is 5.78 Å². The molecule has 0 N–H and O–H groups in total. The summed E-state index contributed by atoms with van der Waals surface area (Å²) in [5, 5.41) is 2.22. The second-order valence-electron chi connectivity index (χ2n) is 10.0. The number of nitrogens with zero attached hydrogens (tertiary/aromatic N) is 6. The predicted octanol–water partition coefficient (Wildman–Crippen LogP) is 7.71. The second kappa shape index (κ2) is 9.93. The molecule has 5 heterocycles. The Kier molecular flexibility index (Phi) is 5.88. The molecule has 0 aliphatic carbocycles. The Bertz CT molecular complexity index is 2440. The molecule has 0 radical (unpaired) electrons. The molecule has 43 heavy (non-hydrogen) atoms. The molecule has 206 valence electrons. The molecule has 9 aromatic rings. The predicted molar refractivity (Wildman–Crippen MR) is 164 cm³/mol. The van der Waals surface area contributed by atoms with E-state index in [0.717, 1.165) is 61.3 Å². The molecular weight excluding hydrogens is 716 g/mol. The molecule has 0 aliphatic rings. The zero-order valence-electron chi connectivity index (χ0n) is 22.5. The van der Waals surface area contributed by atoms with Crippen LogP contribution in [-0.4, -0.2) is 28.5 Å². The molecule has 0 saturated heterocycles. The standard InChI is InChI=1S/C35H20N6O.Pt/c1-2-9-23(10-3-1)39-30-18-16-25(22-32(30)41-34-28(38-35(39)41)12-8-20-37-34)42-24-15-17-27-26-11-4-5-13-29(26)40(31(27)21-24)33-14-6-7-19-36-33;/h1-20H;/q-2;+2. The van der Waals surface area contributed by atoms with Crippen LogP contribution >= 0.6 is 0 Å². The van der Waals surface area contributed by atoms with Crippen molar-refractivity contribution in [2.45, 2.75) is 0 Å². The van der Waals surface area contributed by atoms with Crippen molar-refractivity contribution in [3.05, 3.63) is 134 Å². The van der Waals surface area contributed by atoms with Crippen LogP contribution in [-0.2, 0) is 21.1 Å². The number of aromatic nitrogens is 6. The summed E-state index contributed by atoms with van der Waals surface area (Å²) >= 11 is 0. The SMILES string of the molecule is [Pt+2].[c-]1c(Oc2[c-]c3c(cc2)n(-c2ccccc2)c2nc4cccnc4n32)ccc2c3ccccc3n(-c3ccccn3)c12. The third-order valence-electron chi connectivity index (χ3n) is 7.61. The van der Waals surface area contributed by atoms with Gasteiger partial charge in [0.25, 0.3) is 0 Å². The zero-order valence-corrected chi connectivity index (χ0v) is 24.7. The number of hydrogen-bond donors (Lipinski definition) is 0. The van der Waals surface area contributed by atoms with Crippen LogP contribution < -0.4 is 4.74 Å². The van der Waals surface area contributed by atoms with Crippen LogP contribution in [0, 0.1) is 12.1 Å². The summed E-state index contributed by atoms with van der Waals surface area (Å²) in [5.74, 6) is 2.76. The minimum Gasteiger partial charge on any atom is -0.509 e. The van der Waals surface area contributed by atoms with Crippen LogP contribution in [0.5, 0.6) is 11.5 Å². The number of ether oxygens (including phenoxy) is 1. The summed E-state index contributed by atoms with van der Waals surface area (Å²) < 4.78 is 12.7. The maximum absolute atomic E-state index is 6.43. The first-order valence-corrected chi connectivity index (χ1v) is 13.6. The van der Waals surface area contributed by atoms with Gasteiger partial charge in [0.15, 0.2) is 5.65 Å². The maximum atomic E-state index is 6.43. The van der Waals surface area contributed by atoms with Gasteiger partial charge in [-0.25, -0.2) is 15.0 Å². The Hall–Kier alpha value is -5.26. The topological polar surface area (TPSA) is 62.2 Å². The van der Waals surface area contributed by atoms with Crippen LogP contribution in [0.1, 0.15) is 0 Å². The van der Waals surface area contributed by atoms with Gasteiger partial charge >= 0.3 is 21.1 Å². The molecule has 0 atom stereocenters. The molecule has 0 bridgehead atoms. The van der Waals surface area contributed by atoms with Gasteiger partial charge in [-0.3, -0.25) is 4.40 Å². The average molecular weight is 736 g/mol.